The van der Waals surface area contributed by atoms with Gasteiger partial charge in [-0.15, -0.1) is 11.6 Å². The molecule has 1 spiro atoms. The fourth-order valence-electron chi connectivity index (χ4n) is 7.09. The van der Waals surface area contributed by atoms with Crippen molar-refractivity contribution in [3.8, 4) is 5.75 Å². The maximum Gasteiger partial charge on any atom is 0.233 e. The van der Waals surface area contributed by atoms with Gasteiger partial charge in [-0.1, -0.05) is 25.6 Å². The number of benzene rings is 1. The molecular weight excluding hydrogens is 627 g/mol. The number of allylic oxidation sites excluding steroid dienone is 1. The molecule has 12 atom stereocenters. The molecule has 8 rings (SSSR count). The zero-order chi connectivity index (χ0) is 26.2. The molecule has 7 aliphatic rings. The predicted molar refractivity (Wildman–Crippen MR) is 145 cm³/mol. The summed E-state index contributed by atoms with van der Waals surface area (Å²) in [7, 11) is 1.65. The lowest BCUT2D eigenvalue weighted by Crippen LogP contribution is -2.62. The molecule has 8 nitrogen and oxygen atoms in total. The van der Waals surface area contributed by atoms with Gasteiger partial charge in [-0.3, -0.25) is 0 Å². The maximum atomic E-state index is 7.00. The fraction of sp³-hybridized carbons (Fsp3) is 0.714. The molecule has 38 heavy (non-hydrogen) atoms. The van der Waals surface area contributed by atoms with Gasteiger partial charge in [-0.05, 0) is 70.4 Å². The molecule has 1 aromatic rings. The highest BCUT2D eigenvalue weighted by molar-refractivity contribution is 14.1. The lowest BCUT2D eigenvalue weighted by atomic mass is 9.86. The minimum atomic E-state index is -1.14. The Kier molecular flexibility index (Phi) is 6.81. The average Bonchev–Trinajstić information content (AvgIpc) is 3.46. The van der Waals surface area contributed by atoms with E-state index in [2.05, 4.69) is 36.1 Å². The van der Waals surface area contributed by atoms with Crippen molar-refractivity contribution in [2.24, 2.45) is 0 Å². The highest BCUT2D eigenvalue weighted by Crippen LogP contribution is 2.64. The molecule has 0 N–H and O–H groups in total. The van der Waals surface area contributed by atoms with Crippen molar-refractivity contribution >= 4 is 34.2 Å². The number of rotatable bonds is 8. The van der Waals surface area contributed by atoms with E-state index in [1.807, 2.05) is 24.3 Å². The first-order valence-corrected chi connectivity index (χ1v) is 15.2. The van der Waals surface area contributed by atoms with E-state index in [1.54, 1.807) is 7.11 Å². The molecule has 0 amide bonds. The van der Waals surface area contributed by atoms with Crippen LogP contribution in [0.2, 0.25) is 0 Å². The van der Waals surface area contributed by atoms with Crippen molar-refractivity contribution in [1.82, 2.24) is 0 Å². The molecule has 7 heterocycles. The van der Waals surface area contributed by atoms with Gasteiger partial charge in [-0.25, -0.2) is 0 Å². The van der Waals surface area contributed by atoms with Gasteiger partial charge in [0.1, 0.15) is 36.3 Å². The van der Waals surface area contributed by atoms with E-state index in [0.29, 0.717) is 19.3 Å². The third kappa shape index (κ3) is 4.02. The van der Waals surface area contributed by atoms with Crippen molar-refractivity contribution in [3.63, 3.8) is 0 Å². The molecule has 0 aromatic heterocycles. The monoisotopic (exact) mass is 660 g/mol. The molecule has 4 unspecified atom stereocenters. The summed E-state index contributed by atoms with van der Waals surface area (Å²) in [6, 6.07) is 7.68. The van der Waals surface area contributed by atoms with Crippen molar-refractivity contribution in [3.05, 3.63) is 40.0 Å². The summed E-state index contributed by atoms with van der Waals surface area (Å²) < 4.78 is 53.5. The summed E-state index contributed by atoms with van der Waals surface area (Å²) >= 11 is 8.95. The summed E-state index contributed by atoms with van der Waals surface area (Å²) in [5.74, 6) is -1.47. The van der Waals surface area contributed by atoms with E-state index >= 15 is 0 Å². The van der Waals surface area contributed by atoms with Gasteiger partial charge < -0.3 is 37.9 Å². The Bertz CT molecular complexity index is 1070. The van der Waals surface area contributed by atoms with E-state index in [4.69, 9.17) is 49.5 Å². The summed E-state index contributed by atoms with van der Waals surface area (Å²) in [6.45, 7) is 6.17. The minimum absolute atomic E-state index is 0.0657. The lowest BCUT2D eigenvalue weighted by molar-refractivity contribution is -0.328. The third-order valence-corrected chi connectivity index (χ3v) is 9.69. The Morgan fingerprint density at radius 2 is 1.84 bits per heavy atom. The quantitative estimate of drug-likeness (QED) is 0.280. The van der Waals surface area contributed by atoms with Crippen LogP contribution in [-0.4, -0.2) is 72.9 Å². The van der Waals surface area contributed by atoms with Crippen LogP contribution in [0.1, 0.15) is 57.3 Å². The number of halogens is 2. The van der Waals surface area contributed by atoms with Gasteiger partial charge in [0.15, 0.2) is 12.4 Å². The van der Waals surface area contributed by atoms with E-state index in [1.165, 1.54) is 0 Å². The average molecular weight is 661 g/mol. The lowest BCUT2D eigenvalue weighted by Gasteiger charge is -2.47. The van der Waals surface area contributed by atoms with E-state index in [9.17, 15) is 0 Å². The summed E-state index contributed by atoms with van der Waals surface area (Å²) in [5.41, 5.74) is 0.873. The second-order valence-electron chi connectivity index (χ2n) is 11.2. The molecule has 0 aliphatic carbocycles. The zero-order valence-electron chi connectivity index (χ0n) is 21.6. The first-order valence-electron chi connectivity index (χ1n) is 13.6. The molecule has 6 bridgehead atoms. The Labute approximate surface area is 241 Å². The molecule has 0 radical (unpaired) electrons. The van der Waals surface area contributed by atoms with Gasteiger partial charge in [0.25, 0.3) is 0 Å². The third-order valence-electron chi connectivity index (χ3n) is 8.88. The van der Waals surface area contributed by atoms with Crippen LogP contribution in [0, 0.1) is 0 Å². The van der Waals surface area contributed by atoms with Crippen LogP contribution >= 0.6 is 34.2 Å². The Morgan fingerprint density at radius 3 is 2.58 bits per heavy atom. The van der Waals surface area contributed by atoms with Gasteiger partial charge in [-0.2, -0.15) is 0 Å². The second-order valence-corrected chi connectivity index (χ2v) is 13.3. The fourth-order valence-corrected chi connectivity index (χ4v) is 8.18. The Morgan fingerprint density at radius 1 is 1.05 bits per heavy atom. The number of fused-ring (bicyclic) bond motifs is 1. The molecular formula is C28H34ClIO8. The van der Waals surface area contributed by atoms with Crippen LogP contribution in [0.5, 0.6) is 5.75 Å². The van der Waals surface area contributed by atoms with Gasteiger partial charge >= 0.3 is 0 Å². The first kappa shape index (κ1) is 26.4. The molecule has 7 aliphatic heterocycles. The zero-order valence-corrected chi connectivity index (χ0v) is 24.5. The standard InChI is InChI=1S/C28H34ClIO8/c1-4-17-9-10-19-20(32-17)21-22-23(33-19)24-28(36-22)26(27(35-21,37-24)12-11-16(29)13-14(2)30)34-25(38-28)15-5-7-18(31-3)8-6-15/h5-8,16-17,19-26H,2,4,9-13H2,1,3H3/t16-,17+,19+,20+,21+,22?,23?,24?,25+,26+,27-,28?/m1/s1. The van der Waals surface area contributed by atoms with Crippen LogP contribution < -0.4 is 4.74 Å². The molecule has 10 heteroatoms. The number of methoxy groups -OCH3 is 1. The largest absolute Gasteiger partial charge is 0.497 e. The van der Waals surface area contributed by atoms with Gasteiger partial charge in [0.2, 0.25) is 11.6 Å². The molecule has 7 saturated heterocycles. The molecule has 208 valence electrons. The van der Waals surface area contributed by atoms with Gasteiger partial charge in [0, 0.05) is 17.4 Å². The van der Waals surface area contributed by atoms with Crippen molar-refractivity contribution in [1.29, 1.82) is 0 Å². The van der Waals surface area contributed by atoms with Gasteiger partial charge in [0.05, 0.1) is 19.3 Å². The van der Waals surface area contributed by atoms with E-state index < -0.39 is 30.1 Å². The number of alkyl halides is 1. The summed E-state index contributed by atoms with van der Waals surface area (Å²) in [5, 5.41) is -0.103. The summed E-state index contributed by atoms with van der Waals surface area (Å²) in [4.78, 5) is 0. The first-order chi connectivity index (χ1) is 18.4. The number of hydrogen-bond acceptors (Lipinski definition) is 8. The second kappa shape index (κ2) is 9.80. The highest BCUT2D eigenvalue weighted by Gasteiger charge is 2.83. The maximum absolute atomic E-state index is 7.00. The van der Waals surface area contributed by atoms with E-state index in [-0.39, 0.29) is 42.0 Å². The smallest absolute Gasteiger partial charge is 0.233 e. The molecule has 1 aromatic carbocycles. The SMILES string of the molecule is C=C(I)C[C@H](Cl)CC[C@]12OC3C4O[C@H]5CC[C@H](CC)O[C@@H]5[C@H](O1)C4OC31O[C@@H](c3ccc(OC)cc3)O[C@H]12. The van der Waals surface area contributed by atoms with E-state index in [0.717, 1.165) is 34.2 Å². The van der Waals surface area contributed by atoms with Crippen LogP contribution in [0.15, 0.2) is 34.4 Å². The van der Waals surface area contributed by atoms with Crippen LogP contribution in [0.3, 0.4) is 0 Å². The Balaban J connectivity index is 1.23. The van der Waals surface area contributed by atoms with Crippen molar-refractivity contribution in [2.75, 3.05) is 7.11 Å². The topological polar surface area (TPSA) is 73.8 Å². The normalized spacial score (nSPS) is 46.9. The molecule has 0 saturated carbocycles. The van der Waals surface area contributed by atoms with Crippen LogP contribution in [0.4, 0.5) is 0 Å². The van der Waals surface area contributed by atoms with Crippen LogP contribution in [-0.2, 0) is 33.2 Å². The van der Waals surface area contributed by atoms with Crippen LogP contribution in [0.25, 0.3) is 0 Å². The number of ether oxygens (including phenoxy) is 8. The minimum Gasteiger partial charge on any atom is -0.497 e. The highest BCUT2D eigenvalue weighted by atomic mass is 127. The van der Waals surface area contributed by atoms with Crippen molar-refractivity contribution in [2.45, 2.75) is 118 Å². The number of hydrogen-bond donors (Lipinski definition) is 0. The predicted octanol–water partition coefficient (Wildman–Crippen LogP) is 5.15. The van der Waals surface area contributed by atoms with Crippen molar-refractivity contribution < 1.29 is 37.9 Å². The summed E-state index contributed by atoms with van der Waals surface area (Å²) in [6.07, 6.45) is 1.86. The Hall–Kier alpha value is -0.500. The molecule has 7 fully saturated rings.